The molecular weight excluding hydrogens is 216 g/mol. The van der Waals surface area contributed by atoms with Gasteiger partial charge in [-0.1, -0.05) is 0 Å². The Kier molecular flexibility index (Phi) is 3.84. The van der Waals surface area contributed by atoms with Crippen molar-refractivity contribution in [1.82, 2.24) is 14.9 Å². The van der Waals surface area contributed by atoms with Crippen LogP contribution in [0.15, 0.2) is 12.4 Å². The molecule has 0 spiro atoms. The van der Waals surface area contributed by atoms with Crippen molar-refractivity contribution < 1.29 is 13.5 Å². The molecular formula is C10H15F2N3O. The van der Waals surface area contributed by atoms with Crippen molar-refractivity contribution >= 4 is 0 Å². The van der Waals surface area contributed by atoms with Gasteiger partial charge in [0.05, 0.1) is 12.6 Å². The summed E-state index contributed by atoms with van der Waals surface area (Å²) >= 11 is 0. The van der Waals surface area contributed by atoms with Crippen LogP contribution in [0.4, 0.5) is 8.78 Å². The zero-order valence-electron chi connectivity index (χ0n) is 8.90. The van der Waals surface area contributed by atoms with E-state index >= 15 is 0 Å². The molecule has 1 aromatic rings. The molecule has 1 N–H and O–H groups in total. The van der Waals surface area contributed by atoms with Crippen LogP contribution in [0.3, 0.4) is 0 Å². The number of nitrogens with one attached hydrogen (secondary N) is 1. The van der Waals surface area contributed by atoms with E-state index in [0.717, 1.165) is 24.0 Å². The van der Waals surface area contributed by atoms with Crippen molar-refractivity contribution in [1.29, 1.82) is 0 Å². The summed E-state index contributed by atoms with van der Waals surface area (Å²) in [6, 6.07) is 0. The Morgan fingerprint density at radius 2 is 2.50 bits per heavy atom. The van der Waals surface area contributed by atoms with Gasteiger partial charge in [-0.15, -0.1) is 0 Å². The molecule has 0 saturated carbocycles. The van der Waals surface area contributed by atoms with Crippen molar-refractivity contribution in [3.8, 4) is 0 Å². The van der Waals surface area contributed by atoms with Gasteiger partial charge in [-0.3, -0.25) is 4.57 Å². The number of imidazole rings is 1. The van der Waals surface area contributed by atoms with Crippen LogP contribution < -0.4 is 5.32 Å². The highest BCUT2D eigenvalue weighted by Crippen LogP contribution is 2.13. The lowest BCUT2D eigenvalue weighted by Gasteiger charge is -2.11. The second-order valence-corrected chi connectivity index (χ2v) is 3.79. The summed E-state index contributed by atoms with van der Waals surface area (Å²) in [4.78, 5) is 3.88. The Labute approximate surface area is 92.6 Å². The van der Waals surface area contributed by atoms with Crippen molar-refractivity contribution in [3.05, 3.63) is 18.2 Å². The third kappa shape index (κ3) is 2.76. The number of hydrogen-bond acceptors (Lipinski definition) is 3. The zero-order valence-corrected chi connectivity index (χ0v) is 8.90. The molecule has 1 aromatic heterocycles. The minimum Gasteiger partial charge on any atom is -0.377 e. The Morgan fingerprint density at radius 3 is 3.19 bits per heavy atom. The largest absolute Gasteiger partial charge is 0.377 e. The molecule has 4 nitrogen and oxygen atoms in total. The summed E-state index contributed by atoms with van der Waals surface area (Å²) in [5.74, 6) is 0.355. The molecule has 0 aliphatic carbocycles. The van der Waals surface area contributed by atoms with Crippen LogP contribution in [0.1, 0.15) is 25.2 Å². The van der Waals surface area contributed by atoms with Gasteiger partial charge < -0.3 is 10.1 Å². The van der Waals surface area contributed by atoms with Gasteiger partial charge in [-0.25, -0.2) is 4.98 Å². The second kappa shape index (κ2) is 5.36. The van der Waals surface area contributed by atoms with Gasteiger partial charge in [0.2, 0.25) is 0 Å². The third-order valence-corrected chi connectivity index (χ3v) is 2.64. The van der Waals surface area contributed by atoms with Gasteiger partial charge in [-0.05, 0) is 12.8 Å². The predicted octanol–water partition coefficient (Wildman–Crippen LogP) is 1.55. The fraction of sp³-hybridized carbons (Fsp3) is 0.700. The smallest absolute Gasteiger partial charge is 0.319 e. The van der Waals surface area contributed by atoms with E-state index in [9.17, 15) is 8.78 Å². The molecule has 2 heterocycles. The average Bonchev–Trinajstić information content (AvgIpc) is 2.87. The molecule has 16 heavy (non-hydrogen) atoms. The maximum Gasteiger partial charge on any atom is 0.319 e. The van der Waals surface area contributed by atoms with Crippen molar-refractivity contribution in [2.75, 3.05) is 13.2 Å². The molecule has 90 valence electrons. The normalized spacial score (nSPS) is 20.8. The Bertz CT molecular complexity index is 324. The maximum absolute atomic E-state index is 12.5. The monoisotopic (exact) mass is 231 g/mol. The molecule has 0 bridgehead atoms. The predicted molar refractivity (Wildman–Crippen MR) is 54.2 cm³/mol. The van der Waals surface area contributed by atoms with Gasteiger partial charge >= 0.3 is 6.55 Å². The van der Waals surface area contributed by atoms with E-state index in [2.05, 4.69) is 10.3 Å². The van der Waals surface area contributed by atoms with Crippen molar-refractivity contribution in [2.24, 2.45) is 0 Å². The van der Waals surface area contributed by atoms with Crippen LogP contribution in [0.2, 0.25) is 0 Å². The van der Waals surface area contributed by atoms with E-state index in [1.165, 1.54) is 12.4 Å². The summed E-state index contributed by atoms with van der Waals surface area (Å²) in [7, 11) is 0. The summed E-state index contributed by atoms with van der Waals surface area (Å²) in [6.07, 6.45) is 5.01. The maximum atomic E-state index is 12.5. The lowest BCUT2D eigenvalue weighted by Crippen LogP contribution is -2.27. The first-order valence-electron chi connectivity index (χ1n) is 5.39. The Hall–Kier alpha value is -1.01. The molecule has 1 unspecified atom stereocenters. The van der Waals surface area contributed by atoms with Crippen LogP contribution in [-0.4, -0.2) is 28.8 Å². The van der Waals surface area contributed by atoms with Crippen LogP contribution in [0, 0.1) is 0 Å². The minimum absolute atomic E-state index is 0.218. The van der Waals surface area contributed by atoms with E-state index < -0.39 is 6.55 Å². The highest BCUT2D eigenvalue weighted by Gasteiger charge is 2.15. The summed E-state index contributed by atoms with van der Waals surface area (Å²) < 4.78 is 31.2. The van der Waals surface area contributed by atoms with E-state index in [0.29, 0.717) is 18.9 Å². The first-order chi connectivity index (χ1) is 7.77. The van der Waals surface area contributed by atoms with E-state index in [1.54, 1.807) is 0 Å². The Morgan fingerprint density at radius 1 is 1.62 bits per heavy atom. The lowest BCUT2D eigenvalue weighted by atomic mass is 10.2. The quantitative estimate of drug-likeness (QED) is 0.835. The number of ether oxygens (including phenoxy) is 1. The molecule has 1 aliphatic rings. The zero-order chi connectivity index (χ0) is 11.4. The standard InChI is InChI=1S/C10H15F2N3O/c11-10(12)15-4-3-14-9(15)7-13-6-8-2-1-5-16-8/h3-4,8,10,13H,1-2,5-7H2. The first-order valence-corrected chi connectivity index (χ1v) is 5.39. The van der Waals surface area contributed by atoms with Crippen molar-refractivity contribution in [3.63, 3.8) is 0 Å². The van der Waals surface area contributed by atoms with E-state index in [4.69, 9.17) is 4.74 Å². The molecule has 1 fully saturated rings. The van der Waals surface area contributed by atoms with Gasteiger partial charge in [0, 0.05) is 25.5 Å². The molecule has 1 saturated heterocycles. The molecule has 1 aliphatic heterocycles. The van der Waals surface area contributed by atoms with Gasteiger partial charge in [0.15, 0.2) is 0 Å². The fourth-order valence-electron chi connectivity index (χ4n) is 1.81. The second-order valence-electron chi connectivity index (χ2n) is 3.79. The highest BCUT2D eigenvalue weighted by atomic mass is 19.3. The molecule has 1 atom stereocenters. The Balaban J connectivity index is 1.78. The third-order valence-electron chi connectivity index (χ3n) is 2.64. The number of hydrogen-bond donors (Lipinski definition) is 1. The summed E-state index contributed by atoms with van der Waals surface area (Å²) in [5.41, 5.74) is 0. The molecule has 6 heteroatoms. The number of rotatable bonds is 5. The molecule has 0 radical (unpaired) electrons. The molecule has 2 rings (SSSR count). The molecule has 0 amide bonds. The number of alkyl halides is 2. The average molecular weight is 231 g/mol. The topological polar surface area (TPSA) is 39.1 Å². The first kappa shape index (κ1) is 11.5. The van der Waals surface area contributed by atoms with Crippen molar-refractivity contribution in [2.45, 2.75) is 32.0 Å². The van der Waals surface area contributed by atoms with Gasteiger partial charge in [0.1, 0.15) is 5.82 Å². The van der Waals surface area contributed by atoms with Gasteiger partial charge in [0.25, 0.3) is 0 Å². The minimum atomic E-state index is -2.53. The highest BCUT2D eigenvalue weighted by molar-refractivity contribution is 4.92. The summed E-state index contributed by atoms with van der Waals surface area (Å²) in [5, 5.41) is 3.08. The fourth-order valence-corrected chi connectivity index (χ4v) is 1.81. The lowest BCUT2D eigenvalue weighted by molar-refractivity contribution is 0.0661. The summed E-state index contributed by atoms with van der Waals surface area (Å²) in [6.45, 7) is -0.687. The number of nitrogens with zero attached hydrogens (tertiary/aromatic N) is 2. The number of halogens is 2. The van der Waals surface area contributed by atoms with Gasteiger partial charge in [-0.2, -0.15) is 8.78 Å². The number of aromatic nitrogens is 2. The van der Waals surface area contributed by atoms with E-state index in [-0.39, 0.29) is 6.10 Å². The van der Waals surface area contributed by atoms with E-state index in [1.807, 2.05) is 0 Å². The SMILES string of the molecule is FC(F)n1ccnc1CNCC1CCCO1. The van der Waals surface area contributed by atoms with Crippen LogP contribution >= 0.6 is 0 Å². The van der Waals surface area contributed by atoms with Crippen LogP contribution in [-0.2, 0) is 11.3 Å². The van der Waals surface area contributed by atoms with Crippen LogP contribution in [0.25, 0.3) is 0 Å². The van der Waals surface area contributed by atoms with Crippen LogP contribution in [0.5, 0.6) is 0 Å². The molecule has 0 aromatic carbocycles.